The van der Waals surface area contributed by atoms with Crippen molar-refractivity contribution >= 4 is 5.91 Å². The van der Waals surface area contributed by atoms with Crippen LogP contribution in [0.2, 0.25) is 0 Å². The fourth-order valence-electron chi connectivity index (χ4n) is 1.72. The average Bonchev–Trinajstić information content (AvgIpc) is 2.44. The molecule has 0 aliphatic carbocycles. The summed E-state index contributed by atoms with van der Waals surface area (Å²) in [5, 5.41) is 2.88. The normalized spacial score (nSPS) is 10.3. The Balaban J connectivity index is 2.56. The van der Waals surface area contributed by atoms with E-state index in [1.165, 1.54) is 0 Å². The Morgan fingerprint density at radius 3 is 2.85 bits per heavy atom. The highest BCUT2D eigenvalue weighted by Crippen LogP contribution is 2.20. The Kier molecular flexibility index (Phi) is 7.69. The quantitative estimate of drug-likeness (QED) is 0.670. The molecule has 0 atom stereocenters. The number of carbonyl (C=O) groups is 1. The number of nitrogens with two attached hydrogens (primary N) is 1. The molecule has 1 amide bonds. The molecule has 0 bridgehead atoms. The summed E-state index contributed by atoms with van der Waals surface area (Å²) in [5.41, 5.74) is 7.47. The SMILES string of the molecule is COCCOc1cc(C)ccc1CNC(=O)CCCN. The molecule has 0 aliphatic rings. The molecule has 3 N–H and O–H groups in total. The van der Waals surface area contributed by atoms with Crippen molar-refractivity contribution in [3.8, 4) is 5.75 Å². The first-order valence-corrected chi connectivity index (χ1v) is 6.85. The Bertz CT molecular complexity index is 422. The van der Waals surface area contributed by atoms with Crippen LogP contribution in [0.25, 0.3) is 0 Å². The zero-order valence-corrected chi connectivity index (χ0v) is 12.3. The zero-order valence-electron chi connectivity index (χ0n) is 12.3. The van der Waals surface area contributed by atoms with Gasteiger partial charge in [-0.15, -0.1) is 0 Å². The van der Waals surface area contributed by atoms with Crippen LogP contribution < -0.4 is 15.8 Å². The molecule has 112 valence electrons. The molecule has 0 spiro atoms. The number of amides is 1. The number of benzene rings is 1. The van der Waals surface area contributed by atoms with Gasteiger partial charge in [0, 0.05) is 25.6 Å². The maximum absolute atomic E-state index is 11.6. The number of rotatable bonds is 9. The summed E-state index contributed by atoms with van der Waals surface area (Å²) in [5.74, 6) is 0.806. The van der Waals surface area contributed by atoms with E-state index in [4.69, 9.17) is 15.2 Å². The van der Waals surface area contributed by atoms with Crippen molar-refractivity contribution in [2.75, 3.05) is 26.9 Å². The van der Waals surface area contributed by atoms with Gasteiger partial charge in [-0.3, -0.25) is 4.79 Å². The van der Waals surface area contributed by atoms with Gasteiger partial charge < -0.3 is 20.5 Å². The highest BCUT2D eigenvalue weighted by Gasteiger charge is 2.06. The van der Waals surface area contributed by atoms with Gasteiger partial charge in [0.2, 0.25) is 5.91 Å². The molecule has 5 nitrogen and oxygen atoms in total. The summed E-state index contributed by atoms with van der Waals surface area (Å²) >= 11 is 0. The Labute approximate surface area is 120 Å². The van der Waals surface area contributed by atoms with Gasteiger partial charge in [-0.2, -0.15) is 0 Å². The molecule has 0 saturated heterocycles. The van der Waals surface area contributed by atoms with E-state index in [1.54, 1.807) is 7.11 Å². The molecule has 0 heterocycles. The minimum absolute atomic E-state index is 0.0128. The average molecular weight is 280 g/mol. The number of hydrogen-bond donors (Lipinski definition) is 2. The minimum atomic E-state index is 0.0128. The number of carbonyl (C=O) groups excluding carboxylic acids is 1. The lowest BCUT2D eigenvalue weighted by atomic mass is 10.1. The Morgan fingerprint density at radius 1 is 1.35 bits per heavy atom. The second kappa shape index (κ2) is 9.34. The molecule has 1 aromatic rings. The maximum Gasteiger partial charge on any atom is 0.220 e. The van der Waals surface area contributed by atoms with E-state index in [0.29, 0.717) is 39.1 Å². The number of hydrogen-bond acceptors (Lipinski definition) is 4. The number of ether oxygens (including phenoxy) is 2. The van der Waals surface area contributed by atoms with E-state index in [-0.39, 0.29) is 5.91 Å². The van der Waals surface area contributed by atoms with Gasteiger partial charge in [-0.1, -0.05) is 12.1 Å². The van der Waals surface area contributed by atoms with Gasteiger partial charge in [-0.05, 0) is 31.5 Å². The highest BCUT2D eigenvalue weighted by molar-refractivity contribution is 5.75. The Morgan fingerprint density at radius 2 is 2.15 bits per heavy atom. The molecule has 0 unspecified atom stereocenters. The van der Waals surface area contributed by atoms with Crippen LogP contribution in [-0.2, 0) is 16.1 Å². The Hall–Kier alpha value is -1.59. The van der Waals surface area contributed by atoms with Crippen LogP contribution in [0, 0.1) is 6.92 Å². The lowest BCUT2D eigenvalue weighted by Crippen LogP contribution is -2.23. The molecule has 0 aliphatic heterocycles. The fraction of sp³-hybridized carbons (Fsp3) is 0.533. The molecule has 0 saturated carbocycles. The first kappa shape index (κ1) is 16.5. The van der Waals surface area contributed by atoms with Crippen molar-refractivity contribution in [2.45, 2.75) is 26.3 Å². The standard InChI is InChI=1S/C15H24N2O3/c1-12-5-6-13(11-17-15(18)4-3-7-16)14(10-12)20-9-8-19-2/h5-6,10H,3-4,7-9,11,16H2,1-2H3,(H,17,18). The van der Waals surface area contributed by atoms with Gasteiger partial charge in [0.1, 0.15) is 12.4 Å². The highest BCUT2D eigenvalue weighted by atomic mass is 16.5. The predicted molar refractivity (Wildman–Crippen MR) is 78.7 cm³/mol. The predicted octanol–water partition coefficient (Wildman–Crippen LogP) is 1.38. The van der Waals surface area contributed by atoms with Gasteiger partial charge >= 0.3 is 0 Å². The zero-order chi connectivity index (χ0) is 14.8. The van der Waals surface area contributed by atoms with Crippen LogP contribution in [0.4, 0.5) is 0 Å². The van der Waals surface area contributed by atoms with E-state index in [2.05, 4.69) is 5.32 Å². The first-order chi connectivity index (χ1) is 9.67. The van der Waals surface area contributed by atoms with Crippen molar-refractivity contribution in [1.82, 2.24) is 5.32 Å². The van der Waals surface area contributed by atoms with Crippen molar-refractivity contribution in [3.05, 3.63) is 29.3 Å². The number of methoxy groups -OCH3 is 1. The van der Waals surface area contributed by atoms with Gasteiger partial charge in [-0.25, -0.2) is 0 Å². The monoisotopic (exact) mass is 280 g/mol. The van der Waals surface area contributed by atoms with E-state index >= 15 is 0 Å². The number of aryl methyl sites for hydroxylation is 1. The maximum atomic E-state index is 11.6. The van der Waals surface area contributed by atoms with Crippen LogP contribution >= 0.6 is 0 Å². The molecular formula is C15H24N2O3. The van der Waals surface area contributed by atoms with Crippen molar-refractivity contribution in [1.29, 1.82) is 0 Å². The lowest BCUT2D eigenvalue weighted by molar-refractivity contribution is -0.121. The third-order valence-corrected chi connectivity index (χ3v) is 2.85. The van der Waals surface area contributed by atoms with E-state index in [1.807, 2.05) is 25.1 Å². The molecule has 20 heavy (non-hydrogen) atoms. The van der Waals surface area contributed by atoms with Crippen molar-refractivity contribution in [3.63, 3.8) is 0 Å². The van der Waals surface area contributed by atoms with Crippen LogP contribution in [0.5, 0.6) is 5.75 Å². The summed E-state index contributed by atoms with van der Waals surface area (Å²) in [4.78, 5) is 11.6. The van der Waals surface area contributed by atoms with E-state index in [9.17, 15) is 4.79 Å². The minimum Gasteiger partial charge on any atom is -0.491 e. The molecule has 0 fully saturated rings. The van der Waals surface area contributed by atoms with E-state index in [0.717, 1.165) is 16.9 Å². The summed E-state index contributed by atoms with van der Waals surface area (Å²) < 4.78 is 10.6. The largest absolute Gasteiger partial charge is 0.491 e. The molecule has 0 radical (unpaired) electrons. The van der Waals surface area contributed by atoms with Crippen LogP contribution in [-0.4, -0.2) is 32.8 Å². The van der Waals surface area contributed by atoms with Crippen LogP contribution in [0.3, 0.4) is 0 Å². The molecule has 0 aromatic heterocycles. The second-order valence-electron chi connectivity index (χ2n) is 4.62. The molecule has 1 aromatic carbocycles. The third-order valence-electron chi connectivity index (χ3n) is 2.85. The topological polar surface area (TPSA) is 73.6 Å². The van der Waals surface area contributed by atoms with Crippen LogP contribution in [0.15, 0.2) is 18.2 Å². The lowest BCUT2D eigenvalue weighted by Gasteiger charge is -2.13. The first-order valence-electron chi connectivity index (χ1n) is 6.85. The summed E-state index contributed by atoms with van der Waals surface area (Å²) in [6.45, 7) is 4.03. The second-order valence-corrected chi connectivity index (χ2v) is 4.62. The van der Waals surface area contributed by atoms with Crippen molar-refractivity contribution in [2.24, 2.45) is 5.73 Å². The summed E-state index contributed by atoms with van der Waals surface area (Å²) in [6, 6.07) is 5.95. The molecule has 1 rings (SSSR count). The summed E-state index contributed by atoms with van der Waals surface area (Å²) in [7, 11) is 1.64. The molecular weight excluding hydrogens is 256 g/mol. The fourth-order valence-corrected chi connectivity index (χ4v) is 1.72. The van der Waals surface area contributed by atoms with Gasteiger partial charge in [0.25, 0.3) is 0 Å². The smallest absolute Gasteiger partial charge is 0.220 e. The summed E-state index contributed by atoms with van der Waals surface area (Å²) in [6.07, 6.45) is 1.17. The van der Waals surface area contributed by atoms with Gasteiger partial charge in [0.05, 0.1) is 6.61 Å². The van der Waals surface area contributed by atoms with E-state index < -0.39 is 0 Å². The van der Waals surface area contributed by atoms with Gasteiger partial charge in [0.15, 0.2) is 0 Å². The van der Waals surface area contributed by atoms with Crippen molar-refractivity contribution < 1.29 is 14.3 Å². The van der Waals surface area contributed by atoms with Crippen LogP contribution in [0.1, 0.15) is 24.0 Å². The number of nitrogens with one attached hydrogen (secondary N) is 1. The third kappa shape index (κ3) is 6.04. The molecule has 5 heteroatoms.